The number of piperidine rings is 1. The van der Waals surface area contributed by atoms with E-state index in [1.807, 2.05) is 19.1 Å². The Morgan fingerprint density at radius 1 is 1.25 bits per heavy atom. The summed E-state index contributed by atoms with van der Waals surface area (Å²) in [4.78, 5) is 19.9. The number of amides is 1. The van der Waals surface area contributed by atoms with Crippen LogP contribution >= 0.6 is 11.3 Å². The first-order chi connectivity index (χ1) is 13.6. The van der Waals surface area contributed by atoms with E-state index in [2.05, 4.69) is 23.2 Å². The maximum atomic E-state index is 12.7. The molecule has 1 amide bonds. The van der Waals surface area contributed by atoms with Gasteiger partial charge in [0.1, 0.15) is 5.75 Å². The highest BCUT2D eigenvalue weighted by Crippen LogP contribution is 2.33. The molecule has 5 nitrogen and oxygen atoms in total. The van der Waals surface area contributed by atoms with E-state index < -0.39 is 0 Å². The van der Waals surface area contributed by atoms with Gasteiger partial charge in [-0.05, 0) is 56.7 Å². The zero-order valence-electron chi connectivity index (χ0n) is 16.9. The van der Waals surface area contributed by atoms with Crippen LogP contribution in [0.1, 0.15) is 52.4 Å². The number of hydrogen-bond acceptors (Lipinski definition) is 5. The number of carbonyl (C=O) groups is 1. The van der Waals surface area contributed by atoms with Crippen LogP contribution in [0, 0.1) is 11.8 Å². The Labute approximate surface area is 171 Å². The normalized spacial score (nSPS) is 23.7. The number of thiazole rings is 1. The molecule has 2 aromatic rings. The van der Waals surface area contributed by atoms with Gasteiger partial charge in [0.2, 0.25) is 5.91 Å². The average molecular weight is 402 g/mol. The van der Waals surface area contributed by atoms with Crippen LogP contribution in [-0.2, 0) is 4.79 Å². The SMILES string of the molecule is CCOc1ccc2nc(N3CCC(C(=O)N[C@H]4CCCC[C@H]4C)CC3)sc2c1. The summed E-state index contributed by atoms with van der Waals surface area (Å²) in [5.74, 6) is 1.92. The third-order valence-corrected chi connectivity index (χ3v) is 7.31. The van der Waals surface area contributed by atoms with E-state index in [1.165, 1.54) is 19.3 Å². The van der Waals surface area contributed by atoms with Crippen molar-refractivity contribution in [2.45, 2.75) is 58.4 Å². The van der Waals surface area contributed by atoms with Crippen molar-refractivity contribution in [2.75, 3.05) is 24.6 Å². The predicted octanol–water partition coefficient (Wildman–Crippen LogP) is 4.61. The van der Waals surface area contributed by atoms with Crippen molar-refractivity contribution < 1.29 is 9.53 Å². The molecule has 1 aliphatic heterocycles. The molecule has 1 aromatic carbocycles. The van der Waals surface area contributed by atoms with Crippen LogP contribution in [0.3, 0.4) is 0 Å². The lowest BCUT2D eigenvalue weighted by molar-refractivity contribution is -0.126. The van der Waals surface area contributed by atoms with Crippen molar-refractivity contribution in [1.82, 2.24) is 10.3 Å². The Bertz CT molecular complexity index is 813. The summed E-state index contributed by atoms with van der Waals surface area (Å²) >= 11 is 1.72. The van der Waals surface area contributed by atoms with Crippen LogP contribution in [0.2, 0.25) is 0 Å². The second-order valence-electron chi connectivity index (χ2n) is 8.20. The lowest BCUT2D eigenvalue weighted by Gasteiger charge is -2.34. The van der Waals surface area contributed by atoms with E-state index in [1.54, 1.807) is 11.3 Å². The number of ether oxygens (including phenoxy) is 1. The number of nitrogens with zero attached hydrogens (tertiary/aromatic N) is 2. The molecule has 152 valence electrons. The molecular formula is C22H31N3O2S. The molecular weight excluding hydrogens is 370 g/mol. The summed E-state index contributed by atoms with van der Waals surface area (Å²) in [7, 11) is 0. The number of fused-ring (bicyclic) bond motifs is 1. The van der Waals surface area contributed by atoms with Gasteiger partial charge in [0.05, 0.1) is 16.8 Å². The van der Waals surface area contributed by atoms with Crippen LogP contribution in [-0.4, -0.2) is 36.6 Å². The van der Waals surface area contributed by atoms with Gasteiger partial charge in [-0.1, -0.05) is 31.1 Å². The fourth-order valence-electron chi connectivity index (χ4n) is 4.45. The van der Waals surface area contributed by atoms with Gasteiger partial charge in [-0.15, -0.1) is 0 Å². The summed E-state index contributed by atoms with van der Waals surface area (Å²) in [5.41, 5.74) is 1.02. The van der Waals surface area contributed by atoms with Crippen LogP contribution in [0.4, 0.5) is 5.13 Å². The van der Waals surface area contributed by atoms with Gasteiger partial charge in [-0.2, -0.15) is 0 Å². The van der Waals surface area contributed by atoms with Gasteiger partial charge in [0, 0.05) is 25.0 Å². The van der Waals surface area contributed by atoms with Gasteiger partial charge >= 0.3 is 0 Å². The summed E-state index contributed by atoms with van der Waals surface area (Å²) < 4.78 is 6.76. The van der Waals surface area contributed by atoms with Crippen molar-refractivity contribution in [3.63, 3.8) is 0 Å². The van der Waals surface area contributed by atoms with Gasteiger partial charge in [-0.3, -0.25) is 4.79 Å². The highest BCUT2D eigenvalue weighted by Gasteiger charge is 2.29. The van der Waals surface area contributed by atoms with E-state index in [4.69, 9.17) is 9.72 Å². The zero-order valence-corrected chi connectivity index (χ0v) is 17.8. The van der Waals surface area contributed by atoms with Crippen molar-refractivity contribution in [2.24, 2.45) is 11.8 Å². The molecule has 0 spiro atoms. The number of carbonyl (C=O) groups excluding carboxylic acids is 1. The predicted molar refractivity (Wildman–Crippen MR) is 115 cm³/mol. The van der Waals surface area contributed by atoms with Gasteiger partial charge in [-0.25, -0.2) is 4.98 Å². The quantitative estimate of drug-likeness (QED) is 0.795. The van der Waals surface area contributed by atoms with Gasteiger partial charge in [0.15, 0.2) is 5.13 Å². The standard InChI is InChI=1S/C22H31N3O2S/c1-3-27-17-8-9-19-20(14-17)28-22(24-19)25-12-10-16(11-13-25)21(26)23-18-7-5-4-6-15(18)2/h8-9,14-16,18H,3-7,10-13H2,1-2H3,(H,23,26)/t15-,18+/m1/s1. The minimum atomic E-state index is 0.143. The summed E-state index contributed by atoms with van der Waals surface area (Å²) in [6, 6.07) is 6.47. The molecule has 6 heteroatoms. The molecule has 28 heavy (non-hydrogen) atoms. The second-order valence-corrected chi connectivity index (χ2v) is 9.21. The van der Waals surface area contributed by atoms with Crippen molar-refractivity contribution >= 4 is 32.6 Å². The van der Waals surface area contributed by atoms with Crippen LogP contribution in [0.25, 0.3) is 10.2 Å². The highest BCUT2D eigenvalue weighted by molar-refractivity contribution is 7.22. The molecule has 2 aliphatic rings. The Kier molecular flexibility index (Phi) is 6.04. The number of anilines is 1. The molecule has 0 unspecified atom stereocenters. The molecule has 2 atom stereocenters. The highest BCUT2D eigenvalue weighted by atomic mass is 32.1. The van der Waals surface area contributed by atoms with Gasteiger partial charge < -0.3 is 15.0 Å². The first-order valence-corrected chi connectivity index (χ1v) is 11.5. The molecule has 0 radical (unpaired) electrons. The summed E-state index contributed by atoms with van der Waals surface area (Å²) in [6.45, 7) is 6.74. The second kappa shape index (κ2) is 8.68. The molecule has 1 saturated heterocycles. The lowest BCUT2D eigenvalue weighted by atomic mass is 9.85. The first kappa shape index (κ1) is 19.5. The van der Waals surface area contributed by atoms with Crippen LogP contribution < -0.4 is 15.0 Å². The Hall–Kier alpha value is -1.82. The minimum absolute atomic E-state index is 0.143. The number of aromatic nitrogens is 1. The Morgan fingerprint density at radius 2 is 2.04 bits per heavy atom. The van der Waals surface area contributed by atoms with Crippen LogP contribution in [0.5, 0.6) is 5.75 Å². The largest absolute Gasteiger partial charge is 0.494 e. The fourth-order valence-corrected chi connectivity index (χ4v) is 5.49. The van der Waals surface area contributed by atoms with Crippen molar-refractivity contribution in [3.8, 4) is 5.75 Å². The number of rotatable bonds is 5. The molecule has 1 aliphatic carbocycles. The molecule has 2 heterocycles. The van der Waals surface area contributed by atoms with Gasteiger partial charge in [0.25, 0.3) is 0 Å². The van der Waals surface area contributed by atoms with E-state index in [-0.39, 0.29) is 11.8 Å². The lowest BCUT2D eigenvalue weighted by Crippen LogP contribution is -2.46. The van der Waals surface area contributed by atoms with E-state index >= 15 is 0 Å². The topological polar surface area (TPSA) is 54.5 Å². The summed E-state index contributed by atoms with van der Waals surface area (Å²) in [5, 5.41) is 4.41. The van der Waals surface area contributed by atoms with Crippen LogP contribution in [0.15, 0.2) is 18.2 Å². The molecule has 1 N–H and O–H groups in total. The minimum Gasteiger partial charge on any atom is -0.494 e. The summed E-state index contributed by atoms with van der Waals surface area (Å²) in [6.07, 6.45) is 6.75. The number of benzene rings is 1. The maximum Gasteiger partial charge on any atom is 0.223 e. The maximum absolute atomic E-state index is 12.7. The third-order valence-electron chi connectivity index (χ3n) is 6.24. The number of hydrogen-bond donors (Lipinski definition) is 1. The van der Waals surface area contributed by atoms with E-state index in [0.717, 1.165) is 53.4 Å². The molecule has 1 saturated carbocycles. The Balaban J connectivity index is 1.34. The molecule has 0 bridgehead atoms. The number of nitrogens with one attached hydrogen (secondary N) is 1. The van der Waals surface area contributed by atoms with Crippen molar-refractivity contribution in [3.05, 3.63) is 18.2 Å². The molecule has 2 fully saturated rings. The smallest absolute Gasteiger partial charge is 0.223 e. The Morgan fingerprint density at radius 3 is 2.79 bits per heavy atom. The zero-order chi connectivity index (χ0) is 19.5. The first-order valence-electron chi connectivity index (χ1n) is 10.7. The molecule has 1 aromatic heterocycles. The van der Waals surface area contributed by atoms with Crippen molar-refractivity contribution in [1.29, 1.82) is 0 Å². The monoisotopic (exact) mass is 401 g/mol. The fraction of sp³-hybridized carbons (Fsp3) is 0.636. The average Bonchev–Trinajstić information content (AvgIpc) is 3.13. The van der Waals surface area contributed by atoms with E-state index in [0.29, 0.717) is 18.6 Å². The third kappa shape index (κ3) is 4.27. The molecule has 4 rings (SSSR count). The van der Waals surface area contributed by atoms with E-state index in [9.17, 15) is 4.79 Å².